The van der Waals surface area contributed by atoms with Crippen LogP contribution < -0.4 is 10.6 Å². The zero-order valence-corrected chi connectivity index (χ0v) is 15.0. The fraction of sp³-hybridized carbons (Fsp3) is 0.333. The lowest BCUT2D eigenvalue weighted by Crippen LogP contribution is -2.45. The summed E-state index contributed by atoms with van der Waals surface area (Å²) in [4.78, 5) is 29.0. The van der Waals surface area contributed by atoms with Crippen molar-refractivity contribution in [2.45, 2.75) is 33.2 Å². The molecule has 0 aliphatic heterocycles. The van der Waals surface area contributed by atoms with Crippen molar-refractivity contribution < 1.29 is 18.5 Å². The Bertz CT molecular complexity index is 952. The van der Waals surface area contributed by atoms with Gasteiger partial charge in [0.25, 0.3) is 11.6 Å². The minimum absolute atomic E-state index is 0.139. The van der Waals surface area contributed by atoms with Crippen LogP contribution in [0.25, 0.3) is 22.6 Å². The minimum atomic E-state index is -0.416. The topological polar surface area (TPSA) is 110 Å². The summed E-state index contributed by atoms with van der Waals surface area (Å²) < 4.78 is 10.6. The van der Waals surface area contributed by atoms with Gasteiger partial charge < -0.3 is 19.6 Å². The standard InChI is InChI=1S/C18H20N4O4/c1-10-15-11(16(24)19-9-14(23)21-18(2,3)4)8-12(13-6-5-7-25-13)20-17(15)26-22-10/h5-8H,9H2,1-4H3,(H,19,24)(H,21,23). The predicted molar refractivity (Wildman–Crippen MR) is 94.5 cm³/mol. The molecule has 0 spiro atoms. The van der Waals surface area contributed by atoms with Crippen LogP contribution in [0.2, 0.25) is 0 Å². The lowest BCUT2D eigenvalue weighted by atomic mass is 10.1. The van der Waals surface area contributed by atoms with Crippen LogP contribution in [0.15, 0.2) is 33.4 Å². The van der Waals surface area contributed by atoms with E-state index in [4.69, 9.17) is 8.94 Å². The van der Waals surface area contributed by atoms with Gasteiger partial charge in [-0.1, -0.05) is 5.16 Å². The molecule has 3 heterocycles. The average Bonchev–Trinajstić information content (AvgIpc) is 3.20. The van der Waals surface area contributed by atoms with Gasteiger partial charge in [0.05, 0.1) is 29.5 Å². The largest absolute Gasteiger partial charge is 0.463 e. The van der Waals surface area contributed by atoms with Crippen molar-refractivity contribution in [3.8, 4) is 11.5 Å². The van der Waals surface area contributed by atoms with Gasteiger partial charge in [-0.25, -0.2) is 4.98 Å². The van der Waals surface area contributed by atoms with Crippen LogP contribution in [0.1, 0.15) is 36.8 Å². The normalized spacial score (nSPS) is 11.5. The second kappa shape index (κ2) is 6.62. The van der Waals surface area contributed by atoms with E-state index >= 15 is 0 Å². The molecule has 0 bridgehead atoms. The summed E-state index contributed by atoms with van der Waals surface area (Å²) in [5, 5.41) is 9.80. The highest BCUT2D eigenvalue weighted by Gasteiger charge is 2.21. The molecule has 8 heteroatoms. The van der Waals surface area contributed by atoms with Crippen molar-refractivity contribution >= 4 is 22.9 Å². The van der Waals surface area contributed by atoms with E-state index in [1.165, 1.54) is 6.26 Å². The summed E-state index contributed by atoms with van der Waals surface area (Å²) >= 11 is 0. The number of amides is 2. The van der Waals surface area contributed by atoms with Gasteiger partial charge in [0.2, 0.25) is 5.91 Å². The van der Waals surface area contributed by atoms with E-state index in [1.807, 2.05) is 20.8 Å². The maximum atomic E-state index is 12.7. The highest BCUT2D eigenvalue weighted by molar-refractivity contribution is 6.07. The van der Waals surface area contributed by atoms with E-state index in [-0.39, 0.29) is 23.7 Å². The molecule has 0 radical (unpaired) electrons. The summed E-state index contributed by atoms with van der Waals surface area (Å²) in [6.07, 6.45) is 1.52. The number of furan rings is 1. The third-order valence-electron chi connectivity index (χ3n) is 3.56. The number of aromatic nitrogens is 2. The number of aryl methyl sites for hydroxylation is 1. The number of hydrogen-bond donors (Lipinski definition) is 2. The summed E-state index contributed by atoms with van der Waals surface area (Å²) in [5.74, 6) is -0.189. The van der Waals surface area contributed by atoms with E-state index in [2.05, 4.69) is 20.8 Å². The summed E-state index contributed by atoms with van der Waals surface area (Å²) in [5.41, 5.74) is 1.18. The third-order valence-corrected chi connectivity index (χ3v) is 3.56. The molecular formula is C18H20N4O4. The maximum absolute atomic E-state index is 12.7. The van der Waals surface area contributed by atoms with Crippen molar-refractivity contribution in [3.05, 3.63) is 35.7 Å². The third kappa shape index (κ3) is 3.74. The zero-order valence-electron chi connectivity index (χ0n) is 15.0. The monoisotopic (exact) mass is 356 g/mol. The molecule has 0 aromatic carbocycles. The first kappa shape index (κ1) is 17.7. The van der Waals surface area contributed by atoms with Gasteiger partial charge in [-0.05, 0) is 45.9 Å². The van der Waals surface area contributed by atoms with Crippen molar-refractivity contribution in [3.63, 3.8) is 0 Å². The first-order valence-corrected chi connectivity index (χ1v) is 8.15. The van der Waals surface area contributed by atoms with Crippen LogP contribution in [-0.4, -0.2) is 34.0 Å². The molecular weight excluding hydrogens is 336 g/mol. The molecule has 2 amide bonds. The molecule has 0 atom stereocenters. The zero-order chi connectivity index (χ0) is 18.9. The second-order valence-electron chi connectivity index (χ2n) is 6.96. The molecule has 0 saturated carbocycles. The number of rotatable bonds is 4. The van der Waals surface area contributed by atoms with Gasteiger partial charge >= 0.3 is 0 Å². The Morgan fingerprint density at radius 2 is 2.04 bits per heavy atom. The second-order valence-corrected chi connectivity index (χ2v) is 6.96. The molecule has 0 aliphatic carbocycles. The van der Waals surface area contributed by atoms with Gasteiger partial charge in [0.15, 0.2) is 5.76 Å². The maximum Gasteiger partial charge on any atom is 0.259 e. The molecule has 2 N–H and O–H groups in total. The van der Waals surface area contributed by atoms with Crippen molar-refractivity contribution in [2.24, 2.45) is 0 Å². The molecule has 8 nitrogen and oxygen atoms in total. The first-order valence-electron chi connectivity index (χ1n) is 8.15. The molecule has 26 heavy (non-hydrogen) atoms. The Labute approximate surface area is 149 Å². The van der Waals surface area contributed by atoms with Gasteiger partial charge in [-0.2, -0.15) is 0 Å². The average molecular weight is 356 g/mol. The van der Waals surface area contributed by atoms with E-state index in [0.29, 0.717) is 28.1 Å². The molecule has 3 rings (SSSR count). The first-order chi connectivity index (χ1) is 12.2. The number of nitrogens with one attached hydrogen (secondary N) is 2. The molecule has 136 valence electrons. The van der Waals surface area contributed by atoms with Crippen LogP contribution in [0.3, 0.4) is 0 Å². The fourth-order valence-corrected chi connectivity index (χ4v) is 2.54. The predicted octanol–water partition coefficient (Wildman–Crippen LogP) is 2.44. The van der Waals surface area contributed by atoms with Crippen molar-refractivity contribution in [2.75, 3.05) is 6.54 Å². The Morgan fingerprint density at radius 3 is 2.69 bits per heavy atom. The smallest absolute Gasteiger partial charge is 0.259 e. The van der Waals surface area contributed by atoms with Crippen molar-refractivity contribution in [1.82, 2.24) is 20.8 Å². The van der Waals surface area contributed by atoms with Crippen molar-refractivity contribution in [1.29, 1.82) is 0 Å². The Balaban J connectivity index is 1.89. The Kier molecular flexibility index (Phi) is 4.50. The number of carbonyl (C=O) groups excluding carboxylic acids is 2. The van der Waals surface area contributed by atoms with Crippen LogP contribution in [0.5, 0.6) is 0 Å². The number of hydrogen-bond acceptors (Lipinski definition) is 6. The molecule has 0 fully saturated rings. The Hall–Kier alpha value is -3.16. The molecule has 3 aromatic rings. The molecule has 3 aromatic heterocycles. The van der Waals surface area contributed by atoms with Crippen LogP contribution in [-0.2, 0) is 4.79 Å². The number of pyridine rings is 1. The van der Waals surface area contributed by atoms with E-state index in [9.17, 15) is 9.59 Å². The number of nitrogens with zero attached hydrogens (tertiary/aromatic N) is 2. The highest BCUT2D eigenvalue weighted by Crippen LogP contribution is 2.27. The highest BCUT2D eigenvalue weighted by atomic mass is 16.5. The summed E-state index contributed by atoms with van der Waals surface area (Å²) in [6.45, 7) is 7.20. The van der Waals surface area contributed by atoms with E-state index < -0.39 is 5.91 Å². The van der Waals surface area contributed by atoms with Crippen LogP contribution in [0.4, 0.5) is 0 Å². The number of fused-ring (bicyclic) bond motifs is 1. The molecule has 0 aliphatic rings. The van der Waals surface area contributed by atoms with E-state index in [1.54, 1.807) is 25.1 Å². The van der Waals surface area contributed by atoms with E-state index in [0.717, 1.165) is 0 Å². The Morgan fingerprint density at radius 1 is 1.27 bits per heavy atom. The van der Waals surface area contributed by atoms with Crippen LogP contribution >= 0.6 is 0 Å². The van der Waals surface area contributed by atoms with Crippen LogP contribution in [0, 0.1) is 6.92 Å². The SMILES string of the molecule is Cc1noc2nc(-c3ccco3)cc(C(=O)NCC(=O)NC(C)(C)C)c12. The summed E-state index contributed by atoms with van der Waals surface area (Å²) in [7, 11) is 0. The quantitative estimate of drug-likeness (QED) is 0.743. The van der Waals surface area contributed by atoms with Gasteiger partial charge in [0, 0.05) is 5.54 Å². The molecule has 0 saturated heterocycles. The lowest BCUT2D eigenvalue weighted by Gasteiger charge is -2.20. The molecule has 0 unspecified atom stereocenters. The lowest BCUT2D eigenvalue weighted by molar-refractivity contribution is -0.121. The van der Waals surface area contributed by atoms with Gasteiger partial charge in [0.1, 0.15) is 5.69 Å². The number of carbonyl (C=O) groups is 2. The van der Waals surface area contributed by atoms with Gasteiger partial charge in [-0.3, -0.25) is 9.59 Å². The van der Waals surface area contributed by atoms with Gasteiger partial charge in [-0.15, -0.1) is 0 Å². The fourth-order valence-electron chi connectivity index (χ4n) is 2.54. The minimum Gasteiger partial charge on any atom is -0.463 e. The summed E-state index contributed by atoms with van der Waals surface area (Å²) in [6, 6.07) is 5.06.